The van der Waals surface area contributed by atoms with Crippen molar-refractivity contribution in [2.75, 3.05) is 0 Å². The molecule has 0 radical (unpaired) electrons. The first kappa shape index (κ1) is 17.4. The van der Waals surface area contributed by atoms with Crippen LogP contribution < -0.4 is 0 Å². The van der Waals surface area contributed by atoms with E-state index >= 15 is 0 Å². The molecule has 6 rings (SSSR count). The summed E-state index contributed by atoms with van der Waals surface area (Å²) < 4.78 is 16.2. The Labute approximate surface area is 177 Å². The molecule has 0 saturated carbocycles. The van der Waals surface area contributed by atoms with E-state index in [1.54, 1.807) is 6.07 Å². The molecule has 0 bridgehead atoms. The van der Waals surface area contributed by atoms with Crippen molar-refractivity contribution in [2.24, 2.45) is 0 Å². The van der Waals surface area contributed by atoms with Crippen molar-refractivity contribution < 1.29 is 4.39 Å². The molecule has 0 amide bonds. The van der Waals surface area contributed by atoms with Gasteiger partial charge in [-0.05, 0) is 64.4 Å². The van der Waals surface area contributed by atoms with Crippen LogP contribution in [0.25, 0.3) is 42.4 Å². The first-order valence-corrected chi connectivity index (χ1v) is 11.7. The molecule has 0 nitrogen and oxygen atoms in total. The Morgan fingerprint density at radius 1 is 0.690 bits per heavy atom. The number of benzene rings is 3. The maximum atomic E-state index is 13.8. The predicted octanol–water partition coefficient (Wildman–Crippen LogP) is 8.25. The van der Waals surface area contributed by atoms with Crippen molar-refractivity contribution in [3.05, 3.63) is 81.8 Å². The van der Waals surface area contributed by atoms with Gasteiger partial charge in [0, 0.05) is 25.4 Å². The number of aryl methyl sites for hydroxylation is 3. The number of thiophene rings is 2. The van der Waals surface area contributed by atoms with Crippen LogP contribution in [0, 0.1) is 5.13 Å². The van der Waals surface area contributed by atoms with E-state index in [2.05, 4.69) is 61.5 Å². The number of fused-ring (bicyclic) bond motifs is 8. The molecule has 0 fully saturated rings. The summed E-state index contributed by atoms with van der Waals surface area (Å²) in [6, 6.07) is 21.7. The predicted molar refractivity (Wildman–Crippen MR) is 125 cm³/mol. The van der Waals surface area contributed by atoms with Crippen molar-refractivity contribution in [1.29, 1.82) is 0 Å². The summed E-state index contributed by atoms with van der Waals surface area (Å²) in [6.07, 6.45) is 3.24. The van der Waals surface area contributed by atoms with Crippen LogP contribution in [0.1, 0.15) is 22.9 Å². The van der Waals surface area contributed by atoms with Gasteiger partial charge < -0.3 is 0 Å². The van der Waals surface area contributed by atoms with Crippen LogP contribution in [0.15, 0.2) is 60.7 Å². The molecule has 0 saturated heterocycles. The maximum Gasteiger partial charge on any atom is 0.177 e. The van der Waals surface area contributed by atoms with Crippen LogP contribution >= 0.6 is 22.7 Å². The molecule has 29 heavy (non-hydrogen) atoms. The molecule has 5 aromatic rings. The first-order chi connectivity index (χ1) is 14.2. The van der Waals surface area contributed by atoms with Crippen LogP contribution in [0.3, 0.4) is 0 Å². The minimum atomic E-state index is -0.103. The molecule has 1 aliphatic carbocycles. The Morgan fingerprint density at radius 3 is 2.00 bits per heavy atom. The normalized spacial score (nSPS) is 12.2. The van der Waals surface area contributed by atoms with E-state index in [1.165, 1.54) is 59.7 Å². The molecule has 0 spiro atoms. The molecular formula is C26H19FS2. The molecule has 2 heterocycles. The van der Waals surface area contributed by atoms with E-state index < -0.39 is 0 Å². The molecule has 3 heteroatoms. The van der Waals surface area contributed by atoms with Gasteiger partial charge in [-0.25, -0.2) is 0 Å². The summed E-state index contributed by atoms with van der Waals surface area (Å²) >= 11 is 3.18. The second-order valence-electron chi connectivity index (χ2n) is 7.75. The average molecular weight is 415 g/mol. The van der Waals surface area contributed by atoms with E-state index in [1.807, 2.05) is 11.3 Å². The monoisotopic (exact) mass is 414 g/mol. The van der Waals surface area contributed by atoms with Gasteiger partial charge in [0.15, 0.2) is 5.13 Å². The summed E-state index contributed by atoms with van der Waals surface area (Å²) in [7, 11) is 0. The third-order valence-corrected chi connectivity index (χ3v) is 8.21. The highest BCUT2D eigenvalue weighted by Gasteiger charge is 2.28. The fraction of sp³-hybridized carbons (Fsp3) is 0.154. The lowest BCUT2D eigenvalue weighted by Gasteiger charge is -2.25. The minimum Gasteiger partial charge on any atom is -0.195 e. The fourth-order valence-corrected chi connectivity index (χ4v) is 6.62. The molecular weight excluding hydrogens is 395 g/mol. The maximum absolute atomic E-state index is 13.8. The number of halogens is 1. The Kier molecular flexibility index (Phi) is 3.90. The summed E-state index contributed by atoms with van der Waals surface area (Å²) in [4.78, 5) is 1.43. The topological polar surface area (TPSA) is 0 Å². The Bertz CT molecular complexity index is 1390. The minimum absolute atomic E-state index is 0.103. The van der Waals surface area contributed by atoms with Gasteiger partial charge in [0.1, 0.15) is 0 Å². The Hall–Kier alpha value is -2.49. The molecule has 1 aliphatic rings. The first-order valence-electron chi connectivity index (χ1n) is 10.1. The van der Waals surface area contributed by atoms with Crippen molar-refractivity contribution >= 4 is 42.8 Å². The SMILES string of the molecule is CCc1ccc(CCc2cc3ccc4c(c3s2)-c2ccc3cc(F)sc3c2-4)cc1. The van der Waals surface area contributed by atoms with E-state index in [0.29, 0.717) is 0 Å². The third kappa shape index (κ3) is 2.68. The van der Waals surface area contributed by atoms with Gasteiger partial charge in [-0.15, -0.1) is 22.7 Å². The highest BCUT2D eigenvalue weighted by molar-refractivity contribution is 7.20. The van der Waals surface area contributed by atoms with Gasteiger partial charge in [-0.3, -0.25) is 0 Å². The molecule has 0 N–H and O–H groups in total. The largest absolute Gasteiger partial charge is 0.195 e. The van der Waals surface area contributed by atoms with Crippen molar-refractivity contribution in [1.82, 2.24) is 0 Å². The zero-order chi connectivity index (χ0) is 19.5. The Balaban J connectivity index is 1.34. The zero-order valence-corrected chi connectivity index (χ0v) is 17.7. The molecule has 0 atom stereocenters. The number of hydrogen-bond donors (Lipinski definition) is 0. The lowest BCUT2D eigenvalue weighted by atomic mass is 9.79. The smallest absolute Gasteiger partial charge is 0.177 e. The van der Waals surface area contributed by atoms with E-state index in [4.69, 9.17) is 0 Å². The van der Waals surface area contributed by atoms with E-state index in [9.17, 15) is 4.39 Å². The second kappa shape index (κ2) is 6.51. The quantitative estimate of drug-likeness (QED) is 0.272. The number of rotatable bonds is 4. The van der Waals surface area contributed by atoms with Crippen LogP contribution in [0.4, 0.5) is 4.39 Å². The average Bonchev–Trinajstić information content (AvgIpc) is 3.30. The van der Waals surface area contributed by atoms with Gasteiger partial charge >= 0.3 is 0 Å². The zero-order valence-electron chi connectivity index (χ0n) is 16.1. The lowest BCUT2D eigenvalue weighted by molar-refractivity contribution is 0.658. The van der Waals surface area contributed by atoms with E-state index in [0.717, 1.165) is 29.3 Å². The van der Waals surface area contributed by atoms with Crippen LogP contribution in [0.2, 0.25) is 0 Å². The molecule has 0 unspecified atom stereocenters. The highest BCUT2D eigenvalue weighted by atomic mass is 32.1. The van der Waals surface area contributed by atoms with Crippen molar-refractivity contribution in [3.8, 4) is 22.3 Å². The van der Waals surface area contributed by atoms with Crippen molar-refractivity contribution in [2.45, 2.75) is 26.2 Å². The summed E-state index contributed by atoms with van der Waals surface area (Å²) in [5.41, 5.74) is 7.96. The van der Waals surface area contributed by atoms with E-state index in [-0.39, 0.29) is 5.13 Å². The number of hydrogen-bond acceptors (Lipinski definition) is 2. The van der Waals surface area contributed by atoms with Gasteiger partial charge in [0.2, 0.25) is 0 Å². The van der Waals surface area contributed by atoms with Gasteiger partial charge in [-0.2, -0.15) is 4.39 Å². The second-order valence-corrected chi connectivity index (χ2v) is 9.89. The van der Waals surface area contributed by atoms with Gasteiger partial charge in [0.25, 0.3) is 0 Å². The van der Waals surface area contributed by atoms with Gasteiger partial charge in [-0.1, -0.05) is 55.5 Å². The van der Waals surface area contributed by atoms with Crippen LogP contribution in [-0.4, -0.2) is 0 Å². The molecule has 2 aromatic heterocycles. The standard InChI is InChI=1S/C26H19FS2/c1-2-15-3-5-16(6-4-15)7-10-19-13-17-8-11-20-23(25(17)28-19)21-12-9-18-14-22(27)29-26(18)24(20)21/h3-6,8-9,11-14H,2,7,10H2,1H3. The molecule has 0 aliphatic heterocycles. The summed E-state index contributed by atoms with van der Waals surface area (Å²) in [5, 5.41) is 2.24. The van der Waals surface area contributed by atoms with Crippen molar-refractivity contribution in [3.63, 3.8) is 0 Å². The summed E-state index contributed by atoms with van der Waals surface area (Å²) in [6.45, 7) is 2.19. The summed E-state index contributed by atoms with van der Waals surface area (Å²) in [5.74, 6) is 0. The fourth-order valence-electron chi connectivity index (χ4n) is 4.45. The van der Waals surface area contributed by atoms with Crippen LogP contribution in [-0.2, 0) is 19.3 Å². The van der Waals surface area contributed by atoms with Gasteiger partial charge in [0.05, 0.1) is 0 Å². The molecule has 142 valence electrons. The lowest BCUT2D eigenvalue weighted by Crippen LogP contribution is -1.98. The third-order valence-electron chi connectivity index (χ3n) is 6.02. The molecule has 3 aromatic carbocycles. The highest BCUT2D eigenvalue weighted by Crippen LogP contribution is 2.56. The Morgan fingerprint density at radius 2 is 1.31 bits per heavy atom. The van der Waals surface area contributed by atoms with Crippen LogP contribution in [0.5, 0.6) is 0 Å².